The Bertz CT molecular complexity index is 915. The summed E-state index contributed by atoms with van der Waals surface area (Å²) in [6.45, 7) is 3.05. The van der Waals surface area contributed by atoms with E-state index in [1.165, 1.54) is 18.2 Å². The number of hydrogen-bond acceptors (Lipinski definition) is 3. The van der Waals surface area contributed by atoms with Crippen LogP contribution in [0.4, 0.5) is 11.4 Å². The molecule has 1 aromatic heterocycles. The lowest BCUT2D eigenvalue weighted by Crippen LogP contribution is -2.13. The summed E-state index contributed by atoms with van der Waals surface area (Å²) in [4.78, 5) is 22.9. The molecule has 3 rings (SSSR count). The minimum absolute atomic E-state index is 0.0474. The summed E-state index contributed by atoms with van der Waals surface area (Å²) in [7, 11) is 0. The Kier molecular flexibility index (Phi) is 4.29. The highest BCUT2D eigenvalue weighted by molar-refractivity contribution is 6.07. The summed E-state index contributed by atoms with van der Waals surface area (Å²) < 4.78 is 2.16. The SMILES string of the molecule is CCCn1ccc2cc(NC(=O)c3ccccc3[N+](=O)[O-])ccc21. The molecule has 6 heteroatoms. The van der Waals surface area contributed by atoms with Crippen molar-refractivity contribution in [1.82, 2.24) is 4.57 Å². The van der Waals surface area contributed by atoms with Crippen LogP contribution in [0.25, 0.3) is 10.9 Å². The highest BCUT2D eigenvalue weighted by atomic mass is 16.6. The van der Waals surface area contributed by atoms with Crippen molar-refractivity contribution in [2.24, 2.45) is 0 Å². The maximum absolute atomic E-state index is 12.4. The Hall–Kier alpha value is -3.15. The fourth-order valence-electron chi connectivity index (χ4n) is 2.74. The fraction of sp³-hybridized carbons (Fsp3) is 0.167. The van der Waals surface area contributed by atoms with Gasteiger partial charge in [0.1, 0.15) is 5.56 Å². The van der Waals surface area contributed by atoms with Gasteiger partial charge in [-0.15, -0.1) is 0 Å². The van der Waals surface area contributed by atoms with Crippen molar-refractivity contribution in [3.05, 3.63) is 70.4 Å². The molecule has 122 valence electrons. The van der Waals surface area contributed by atoms with Gasteiger partial charge in [0.2, 0.25) is 0 Å². The van der Waals surface area contributed by atoms with Crippen LogP contribution in [-0.4, -0.2) is 15.4 Å². The second-order valence-electron chi connectivity index (χ2n) is 5.51. The highest BCUT2D eigenvalue weighted by Gasteiger charge is 2.19. The summed E-state index contributed by atoms with van der Waals surface area (Å²) >= 11 is 0. The molecular weight excluding hydrogens is 306 g/mol. The van der Waals surface area contributed by atoms with E-state index < -0.39 is 10.8 Å². The van der Waals surface area contributed by atoms with E-state index in [2.05, 4.69) is 16.8 Å². The van der Waals surface area contributed by atoms with Gasteiger partial charge in [0, 0.05) is 35.4 Å². The average molecular weight is 323 g/mol. The van der Waals surface area contributed by atoms with E-state index >= 15 is 0 Å². The number of nitro benzene ring substituents is 1. The molecule has 0 fully saturated rings. The molecular formula is C18H17N3O3. The zero-order chi connectivity index (χ0) is 17.1. The number of benzene rings is 2. The monoisotopic (exact) mass is 323 g/mol. The summed E-state index contributed by atoms with van der Waals surface area (Å²) in [5, 5.41) is 14.8. The van der Waals surface area contributed by atoms with Crippen molar-refractivity contribution in [2.75, 3.05) is 5.32 Å². The second-order valence-corrected chi connectivity index (χ2v) is 5.51. The van der Waals surface area contributed by atoms with Crippen molar-refractivity contribution in [2.45, 2.75) is 19.9 Å². The fourth-order valence-corrected chi connectivity index (χ4v) is 2.74. The molecule has 6 nitrogen and oxygen atoms in total. The third-order valence-electron chi connectivity index (χ3n) is 3.84. The summed E-state index contributed by atoms with van der Waals surface area (Å²) in [6, 6.07) is 13.5. The Morgan fingerprint density at radius 1 is 1.21 bits per heavy atom. The molecule has 0 aliphatic carbocycles. The highest BCUT2D eigenvalue weighted by Crippen LogP contribution is 2.23. The maximum atomic E-state index is 12.4. The molecule has 0 saturated carbocycles. The number of aromatic nitrogens is 1. The van der Waals surface area contributed by atoms with Gasteiger partial charge in [-0.1, -0.05) is 19.1 Å². The predicted octanol–water partition coefficient (Wildman–Crippen LogP) is 4.21. The number of nitro groups is 1. The van der Waals surface area contributed by atoms with Crippen LogP contribution in [0.15, 0.2) is 54.7 Å². The van der Waals surface area contributed by atoms with E-state index in [9.17, 15) is 14.9 Å². The van der Waals surface area contributed by atoms with Crippen LogP contribution in [0, 0.1) is 10.1 Å². The molecule has 0 aliphatic rings. The topological polar surface area (TPSA) is 77.2 Å². The number of hydrogen-bond donors (Lipinski definition) is 1. The molecule has 0 atom stereocenters. The first-order chi connectivity index (χ1) is 11.6. The maximum Gasteiger partial charge on any atom is 0.282 e. The number of amides is 1. The van der Waals surface area contributed by atoms with Gasteiger partial charge >= 0.3 is 0 Å². The Morgan fingerprint density at radius 3 is 2.75 bits per heavy atom. The normalized spacial score (nSPS) is 10.7. The number of para-hydroxylation sites is 1. The zero-order valence-electron chi connectivity index (χ0n) is 13.2. The third-order valence-corrected chi connectivity index (χ3v) is 3.84. The lowest BCUT2D eigenvalue weighted by molar-refractivity contribution is -0.385. The molecule has 1 amide bonds. The first-order valence-electron chi connectivity index (χ1n) is 7.74. The molecule has 0 spiro atoms. The first-order valence-corrected chi connectivity index (χ1v) is 7.74. The van der Waals surface area contributed by atoms with Crippen LogP contribution in [0.5, 0.6) is 0 Å². The Balaban J connectivity index is 1.87. The molecule has 2 aromatic carbocycles. The van der Waals surface area contributed by atoms with Gasteiger partial charge in [-0.05, 0) is 36.8 Å². The molecule has 0 radical (unpaired) electrons. The van der Waals surface area contributed by atoms with Gasteiger partial charge in [-0.25, -0.2) is 0 Å². The number of fused-ring (bicyclic) bond motifs is 1. The van der Waals surface area contributed by atoms with E-state index in [4.69, 9.17) is 0 Å². The number of nitrogens with one attached hydrogen (secondary N) is 1. The molecule has 24 heavy (non-hydrogen) atoms. The van der Waals surface area contributed by atoms with Crippen molar-refractivity contribution >= 4 is 28.2 Å². The minimum atomic E-state index is -0.553. The smallest absolute Gasteiger partial charge is 0.282 e. The minimum Gasteiger partial charge on any atom is -0.347 e. The van der Waals surface area contributed by atoms with Crippen LogP contribution < -0.4 is 5.32 Å². The quantitative estimate of drug-likeness (QED) is 0.564. The zero-order valence-corrected chi connectivity index (χ0v) is 13.2. The lowest BCUT2D eigenvalue weighted by atomic mass is 10.1. The predicted molar refractivity (Wildman–Crippen MR) is 93.3 cm³/mol. The summed E-state index contributed by atoms with van der Waals surface area (Å²) in [6.07, 6.45) is 3.06. The molecule has 0 unspecified atom stereocenters. The van der Waals surface area contributed by atoms with Gasteiger partial charge in [0.15, 0.2) is 0 Å². The lowest BCUT2D eigenvalue weighted by Gasteiger charge is -2.07. The van der Waals surface area contributed by atoms with Gasteiger partial charge in [0.25, 0.3) is 11.6 Å². The van der Waals surface area contributed by atoms with Crippen molar-refractivity contribution in [1.29, 1.82) is 0 Å². The number of rotatable bonds is 5. The van der Waals surface area contributed by atoms with Crippen LogP contribution in [0.3, 0.4) is 0 Å². The van der Waals surface area contributed by atoms with E-state index in [1.54, 1.807) is 12.1 Å². The molecule has 0 aliphatic heterocycles. The standard InChI is InChI=1S/C18H17N3O3/c1-2-10-20-11-9-13-12-14(7-8-16(13)20)19-18(22)15-5-3-4-6-17(15)21(23)24/h3-9,11-12H,2,10H2,1H3,(H,19,22). The van der Waals surface area contributed by atoms with Gasteiger partial charge < -0.3 is 9.88 Å². The molecule has 1 heterocycles. The first kappa shape index (κ1) is 15.7. The molecule has 0 saturated heterocycles. The van der Waals surface area contributed by atoms with E-state index in [-0.39, 0.29) is 11.3 Å². The van der Waals surface area contributed by atoms with Crippen molar-refractivity contribution in [3.8, 4) is 0 Å². The van der Waals surface area contributed by atoms with Gasteiger partial charge in [0.05, 0.1) is 4.92 Å². The Labute approximate surface area is 138 Å². The van der Waals surface area contributed by atoms with Crippen LogP contribution >= 0.6 is 0 Å². The van der Waals surface area contributed by atoms with Crippen LogP contribution in [0.1, 0.15) is 23.7 Å². The molecule has 1 N–H and O–H groups in total. The van der Waals surface area contributed by atoms with E-state index in [0.29, 0.717) is 5.69 Å². The largest absolute Gasteiger partial charge is 0.347 e. The number of carbonyl (C=O) groups is 1. The average Bonchev–Trinajstić information content (AvgIpc) is 2.97. The van der Waals surface area contributed by atoms with E-state index in [0.717, 1.165) is 23.9 Å². The van der Waals surface area contributed by atoms with Crippen LogP contribution in [0.2, 0.25) is 0 Å². The number of nitrogens with zero attached hydrogens (tertiary/aromatic N) is 2. The van der Waals surface area contributed by atoms with Crippen LogP contribution in [-0.2, 0) is 6.54 Å². The van der Waals surface area contributed by atoms with Crippen molar-refractivity contribution < 1.29 is 9.72 Å². The number of anilines is 1. The molecule has 0 bridgehead atoms. The second kappa shape index (κ2) is 6.54. The molecule has 3 aromatic rings. The number of aryl methyl sites for hydroxylation is 1. The van der Waals surface area contributed by atoms with Gasteiger partial charge in [-0.3, -0.25) is 14.9 Å². The van der Waals surface area contributed by atoms with Gasteiger partial charge in [-0.2, -0.15) is 0 Å². The summed E-state index contributed by atoms with van der Waals surface area (Å²) in [5.41, 5.74) is 1.55. The van der Waals surface area contributed by atoms with E-state index in [1.807, 2.05) is 24.4 Å². The Morgan fingerprint density at radius 2 is 2.00 bits per heavy atom. The third kappa shape index (κ3) is 2.99. The van der Waals surface area contributed by atoms with Crippen molar-refractivity contribution in [3.63, 3.8) is 0 Å². The number of carbonyl (C=O) groups excluding carboxylic acids is 1. The summed E-state index contributed by atoms with van der Waals surface area (Å²) in [5.74, 6) is -0.491.